The number of carbonyl (C=O) groups excluding carboxylic acids is 2. The number of piperazine rings is 1. The molecule has 0 unspecified atom stereocenters. The summed E-state index contributed by atoms with van der Waals surface area (Å²) < 4.78 is 37.3. The molecule has 2 amide bonds. The van der Waals surface area contributed by atoms with Gasteiger partial charge in [-0.1, -0.05) is 13.0 Å². The molecule has 242 valence electrons. The fourth-order valence-electron chi connectivity index (χ4n) is 5.39. The van der Waals surface area contributed by atoms with E-state index in [1.54, 1.807) is 39.8 Å². The summed E-state index contributed by atoms with van der Waals surface area (Å²) in [5.41, 5.74) is 2.45. The Labute approximate surface area is 268 Å². The second kappa shape index (κ2) is 13.9. The summed E-state index contributed by atoms with van der Waals surface area (Å²) in [5.74, 6) is -2.66. The number of benzene rings is 2. The third-order valence-corrected chi connectivity index (χ3v) is 7.83. The zero-order valence-corrected chi connectivity index (χ0v) is 25.4. The highest BCUT2D eigenvalue weighted by atomic mass is 19.2. The smallest absolute Gasteiger partial charge is 0.251 e. The van der Waals surface area contributed by atoms with Gasteiger partial charge in [0.1, 0.15) is 0 Å². The fraction of sp³-hybridized carbons (Fsp3) is 0.242. The number of nitrogens with one attached hydrogen (secondary N) is 3. The minimum atomic E-state index is -1.16. The maximum Gasteiger partial charge on any atom is 0.251 e. The van der Waals surface area contributed by atoms with Crippen LogP contribution in [0.15, 0.2) is 73.3 Å². The molecule has 4 heterocycles. The molecule has 6 rings (SSSR count). The maximum atomic E-state index is 15.3. The largest absolute Gasteiger partial charge is 0.436 e. The van der Waals surface area contributed by atoms with Gasteiger partial charge < -0.3 is 30.7 Å². The van der Waals surface area contributed by atoms with Crippen molar-refractivity contribution >= 4 is 29.0 Å². The summed E-state index contributed by atoms with van der Waals surface area (Å²) in [7, 11) is 0. The molecule has 47 heavy (non-hydrogen) atoms. The number of ether oxygens (including phenoxy) is 1. The zero-order valence-electron chi connectivity index (χ0n) is 25.4. The van der Waals surface area contributed by atoms with Crippen molar-refractivity contribution in [3.8, 4) is 22.9 Å². The standard InChI is InChI=1S/C33H32F2N8O4/c1-2-20-15-21(6-7-23(20)33(46)40-17-28(45)42-13-11-36-22(18-42)19-44)41-31-32-39-16-25(43(32)14-12-38-31)24-8-9-26(30(35)29(24)34)47-27-5-3-4-10-37-27/h3-10,12,14-16,22,36,44H,2,11,13,17-19H2,1H3,(H,38,41)(H,40,46)/t22-/m0/s1. The molecule has 4 N–H and O–H groups in total. The lowest BCUT2D eigenvalue weighted by molar-refractivity contribution is -0.131. The van der Waals surface area contributed by atoms with Gasteiger partial charge in [0.15, 0.2) is 23.0 Å². The number of aliphatic hydroxyl groups excluding tert-OH is 1. The molecular weight excluding hydrogens is 610 g/mol. The summed E-state index contributed by atoms with van der Waals surface area (Å²) in [6.45, 7) is 3.15. The number of rotatable bonds is 10. The van der Waals surface area contributed by atoms with Gasteiger partial charge in [0.2, 0.25) is 17.6 Å². The van der Waals surface area contributed by atoms with E-state index in [0.29, 0.717) is 54.5 Å². The van der Waals surface area contributed by atoms with Crippen LogP contribution in [0.4, 0.5) is 20.3 Å². The van der Waals surface area contributed by atoms with Gasteiger partial charge in [-0.15, -0.1) is 0 Å². The number of imidazole rings is 1. The molecule has 1 saturated heterocycles. The van der Waals surface area contributed by atoms with Crippen molar-refractivity contribution in [1.29, 1.82) is 0 Å². The highest BCUT2D eigenvalue weighted by Crippen LogP contribution is 2.33. The van der Waals surface area contributed by atoms with Crippen LogP contribution in [-0.2, 0) is 11.2 Å². The SMILES string of the molecule is CCc1cc(Nc2nccn3c(-c4ccc(Oc5ccccn5)c(F)c4F)cnc23)ccc1C(=O)NCC(=O)N1CCN[C@H](CO)C1. The molecule has 1 aliphatic heterocycles. The van der Waals surface area contributed by atoms with Gasteiger partial charge in [-0.05, 0) is 48.4 Å². The van der Waals surface area contributed by atoms with Crippen LogP contribution in [0.25, 0.3) is 16.9 Å². The molecule has 0 saturated carbocycles. The molecular formula is C33H32F2N8O4. The lowest BCUT2D eigenvalue weighted by atomic mass is 10.0. The van der Waals surface area contributed by atoms with E-state index in [2.05, 4.69) is 30.9 Å². The molecule has 2 aromatic carbocycles. The lowest BCUT2D eigenvalue weighted by Crippen LogP contribution is -2.55. The van der Waals surface area contributed by atoms with Crippen molar-refractivity contribution in [2.24, 2.45) is 0 Å². The number of hydrogen-bond donors (Lipinski definition) is 4. The van der Waals surface area contributed by atoms with Crippen LogP contribution in [0.1, 0.15) is 22.8 Å². The van der Waals surface area contributed by atoms with Crippen LogP contribution in [0.5, 0.6) is 11.6 Å². The van der Waals surface area contributed by atoms with E-state index in [4.69, 9.17) is 4.74 Å². The average Bonchev–Trinajstić information content (AvgIpc) is 3.54. The predicted octanol–water partition coefficient (Wildman–Crippen LogP) is 3.69. The van der Waals surface area contributed by atoms with Crippen molar-refractivity contribution in [3.05, 3.63) is 96.1 Å². The summed E-state index contributed by atoms with van der Waals surface area (Å²) in [6, 6.07) is 12.6. The highest BCUT2D eigenvalue weighted by Gasteiger charge is 2.24. The summed E-state index contributed by atoms with van der Waals surface area (Å²) in [4.78, 5) is 40.1. The van der Waals surface area contributed by atoms with Crippen molar-refractivity contribution in [2.75, 3.05) is 38.1 Å². The molecule has 14 heteroatoms. The quantitative estimate of drug-likeness (QED) is 0.179. The van der Waals surface area contributed by atoms with Crippen LogP contribution < -0.4 is 20.7 Å². The molecule has 1 atom stereocenters. The van der Waals surface area contributed by atoms with E-state index in [0.717, 1.165) is 5.56 Å². The Balaban J connectivity index is 1.17. The summed E-state index contributed by atoms with van der Waals surface area (Å²) >= 11 is 0. The third kappa shape index (κ3) is 6.73. The highest BCUT2D eigenvalue weighted by molar-refractivity contribution is 5.98. The summed E-state index contributed by atoms with van der Waals surface area (Å²) in [5, 5.41) is 18.4. The van der Waals surface area contributed by atoms with Gasteiger partial charge in [-0.25, -0.2) is 19.3 Å². The Morgan fingerprint density at radius 3 is 2.74 bits per heavy atom. The fourth-order valence-corrected chi connectivity index (χ4v) is 5.39. The molecule has 5 aromatic rings. The molecule has 0 spiro atoms. The molecule has 0 radical (unpaired) electrons. The molecule has 3 aromatic heterocycles. The third-order valence-electron chi connectivity index (χ3n) is 7.83. The number of amides is 2. The minimum Gasteiger partial charge on any atom is -0.436 e. The number of aromatic nitrogens is 4. The van der Waals surface area contributed by atoms with Crippen molar-refractivity contribution < 1.29 is 28.2 Å². The Hall–Kier alpha value is -5.47. The Morgan fingerprint density at radius 2 is 1.96 bits per heavy atom. The number of aliphatic hydroxyl groups is 1. The van der Waals surface area contributed by atoms with Crippen LogP contribution in [0.2, 0.25) is 0 Å². The number of pyridine rings is 1. The number of anilines is 2. The van der Waals surface area contributed by atoms with Gasteiger partial charge in [0.05, 0.1) is 25.0 Å². The number of halogens is 2. The van der Waals surface area contributed by atoms with Crippen LogP contribution in [-0.4, -0.2) is 80.0 Å². The molecule has 0 aliphatic carbocycles. The first-order chi connectivity index (χ1) is 22.9. The molecule has 1 aliphatic rings. The molecule has 0 bridgehead atoms. The minimum absolute atomic E-state index is 0.0206. The maximum absolute atomic E-state index is 15.3. The Morgan fingerprint density at radius 1 is 1.09 bits per heavy atom. The van der Waals surface area contributed by atoms with Crippen molar-refractivity contribution in [3.63, 3.8) is 0 Å². The van der Waals surface area contributed by atoms with Gasteiger partial charge in [0.25, 0.3) is 5.91 Å². The van der Waals surface area contributed by atoms with Gasteiger partial charge in [-0.2, -0.15) is 4.39 Å². The van der Waals surface area contributed by atoms with Gasteiger partial charge in [0, 0.05) is 67.1 Å². The summed E-state index contributed by atoms with van der Waals surface area (Å²) in [6.07, 6.45) is 6.55. The second-order valence-electron chi connectivity index (χ2n) is 10.8. The monoisotopic (exact) mass is 642 g/mol. The van der Waals surface area contributed by atoms with Gasteiger partial charge in [-0.3, -0.25) is 14.0 Å². The first kappa shape index (κ1) is 31.5. The average molecular weight is 643 g/mol. The van der Waals surface area contributed by atoms with Gasteiger partial charge >= 0.3 is 0 Å². The first-order valence-electron chi connectivity index (χ1n) is 15.1. The lowest BCUT2D eigenvalue weighted by Gasteiger charge is -2.32. The van der Waals surface area contributed by atoms with E-state index in [9.17, 15) is 14.7 Å². The first-order valence-corrected chi connectivity index (χ1v) is 15.1. The Kier molecular flexibility index (Phi) is 9.31. The Bertz CT molecular complexity index is 1920. The molecule has 1 fully saturated rings. The van der Waals surface area contributed by atoms with E-state index in [1.807, 2.05) is 13.0 Å². The number of carbonyl (C=O) groups is 2. The van der Waals surface area contributed by atoms with Crippen LogP contribution >= 0.6 is 0 Å². The predicted molar refractivity (Wildman–Crippen MR) is 170 cm³/mol. The van der Waals surface area contributed by atoms with E-state index in [1.165, 1.54) is 36.8 Å². The number of fused-ring (bicyclic) bond motifs is 1. The number of aryl methyl sites for hydroxylation is 1. The van der Waals surface area contributed by atoms with Crippen LogP contribution in [0.3, 0.4) is 0 Å². The normalized spacial score (nSPS) is 14.6. The van der Waals surface area contributed by atoms with E-state index >= 15 is 8.78 Å². The topological polar surface area (TPSA) is 146 Å². The second-order valence-corrected chi connectivity index (χ2v) is 10.8. The number of nitrogens with zero attached hydrogens (tertiary/aromatic N) is 5. The van der Waals surface area contributed by atoms with E-state index < -0.39 is 11.6 Å². The van der Waals surface area contributed by atoms with Crippen molar-refractivity contribution in [2.45, 2.75) is 19.4 Å². The molecule has 12 nitrogen and oxygen atoms in total. The van der Waals surface area contributed by atoms with Crippen molar-refractivity contribution in [1.82, 2.24) is 34.9 Å². The zero-order chi connectivity index (χ0) is 32.9. The van der Waals surface area contributed by atoms with Crippen LogP contribution in [0, 0.1) is 11.6 Å². The van der Waals surface area contributed by atoms with E-state index in [-0.39, 0.29) is 48.2 Å². The number of hydrogen-bond acceptors (Lipinski definition) is 9.